The summed E-state index contributed by atoms with van der Waals surface area (Å²) in [5.74, 6) is -1.06. The number of benzene rings is 2. The highest BCUT2D eigenvalue weighted by Gasteiger charge is 2.31. The quantitative estimate of drug-likeness (QED) is 0.580. The fourth-order valence-electron chi connectivity index (χ4n) is 2.68. The zero-order chi connectivity index (χ0) is 19.4. The van der Waals surface area contributed by atoms with Crippen LogP contribution in [0.5, 0.6) is 11.5 Å². The number of carboxylic acids is 1. The Morgan fingerprint density at radius 3 is 2.59 bits per heavy atom. The average molecular weight is 391 g/mol. The zero-order valence-electron chi connectivity index (χ0n) is 14.5. The first kappa shape index (κ1) is 19.2. The van der Waals surface area contributed by atoms with Crippen molar-refractivity contribution in [1.82, 2.24) is 0 Å². The minimum atomic E-state index is -1.08. The number of aliphatic carboxylic acids is 1. The lowest BCUT2D eigenvalue weighted by Gasteiger charge is -2.15. The second kappa shape index (κ2) is 8.41. The first-order valence-corrected chi connectivity index (χ1v) is 9.44. The van der Waals surface area contributed by atoms with E-state index in [2.05, 4.69) is 0 Å². The number of hydrogen-bond acceptors (Lipinski definition) is 6. The lowest BCUT2D eigenvalue weighted by Crippen LogP contribution is -2.90. The summed E-state index contributed by atoms with van der Waals surface area (Å²) in [7, 11) is 0. The van der Waals surface area contributed by atoms with Crippen molar-refractivity contribution in [2.45, 2.75) is 18.3 Å². The van der Waals surface area contributed by atoms with Crippen molar-refractivity contribution in [3.63, 3.8) is 0 Å². The molecule has 2 aromatic rings. The molecule has 0 aromatic heterocycles. The summed E-state index contributed by atoms with van der Waals surface area (Å²) < 4.78 is 24.0. The third-order valence-corrected chi connectivity index (χ3v) is 5.38. The monoisotopic (exact) mass is 391 g/mol. The Morgan fingerprint density at radius 2 is 1.96 bits per heavy atom. The van der Waals surface area contributed by atoms with E-state index in [1.165, 1.54) is 36.0 Å². The van der Waals surface area contributed by atoms with Gasteiger partial charge in [0.1, 0.15) is 17.8 Å². The van der Waals surface area contributed by atoms with Crippen LogP contribution in [0.2, 0.25) is 0 Å². The molecule has 1 aliphatic rings. The maximum atomic E-state index is 13.0. The molecule has 1 aliphatic heterocycles. The van der Waals surface area contributed by atoms with Crippen LogP contribution in [-0.2, 0) is 4.79 Å². The van der Waals surface area contributed by atoms with Gasteiger partial charge in [-0.1, -0.05) is 11.8 Å². The molecule has 2 atom stereocenters. The molecule has 0 radical (unpaired) electrons. The third kappa shape index (κ3) is 4.58. The van der Waals surface area contributed by atoms with Crippen LogP contribution in [0.4, 0.5) is 4.39 Å². The van der Waals surface area contributed by atoms with Crippen LogP contribution in [0.1, 0.15) is 28.2 Å². The number of thioether (sulfide) groups is 1. The number of carboxylic acid groups (broad SMARTS) is 1. The summed E-state index contributed by atoms with van der Waals surface area (Å²) in [6, 6.07) is 9.58. The molecular formula is C19H18FNO5S. The molecular weight excluding hydrogens is 373 g/mol. The Kier molecular flexibility index (Phi) is 5.98. The van der Waals surface area contributed by atoms with Crippen molar-refractivity contribution in [3.05, 3.63) is 59.4 Å². The highest BCUT2D eigenvalue weighted by Crippen LogP contribution is 2.34. The predicted octanol–water partition coefficient (Wildman–Crippen LogP) is 0.871. The van der Waals surface area contributed by atoms with E-state index in [1.54, 1.807) is 30.4 Å². The zero-order valence-corrected chi connectivity index (χ0v) is 15.3. The Hall–Kier alpha value is -2.58. The molecule has 1 fully saturated rings. The SMILES string of the molecule is CCOc1cc([C@H]2[NH2+][C@@H](C(=O)[O-])CS2)ccc1OC(=O)c1ccc(F)cc1. The lowest BCUT2D eigenvalue weighted by atomic mass is 10.1. The van der Waals surface area contributed by atoms with Crippen LogP contribution in [0.3, 0.4) is 0 Å². The standard InChI is InChI=1S/C19H18FNO5S/c1-2-25-16-9-12(17-21-14(10-27-17)18(22)23)5-8-15(16)26-19(24)11-3-6-13(20)7-4-11/h3-9,14,17,21H,2,10H2,1H3,(H,22,23)/t14-,17+/m1/s1. The van der Waals surface area contributed by atoms with Gasteiger partial charge in [-0.15, -0.1) is 0 Å². The average Bonchev–Trinajstić information content (AvgIpc) is 3.14. The molecule has 0 saturated carbocycles. The third-order valence-electron chi connectivity index (χ3n) is 4.04. The number of carbonyl (C=O) groups is 2. The second-order valence-electron chi connectivity index (χ2n) is 5.91. The number of halogens is 1. The second-order valence-corrected chi connectivity index (χ2v) is 7.08. The van der Waals surface area contributed by atoms with Gasteiger partial charge in [0, 0.05) is 5.56 Å². The van der Waals surface area contributed by atoms with Crippen LogP contribution in [-0.4, -0.2) is 30.3 Å². The van der Waals surface area contributed by atoms with Gasteiger partial charge in [0.15, 0.2) is 16.9 Å². The molecule has 3 rings (SSSR count). The number of ether oxygens (including phenoxy) is 2. The van der Waals surface area contributed by atoms with Gasteiger partial charge in [-0.05, 0) is 49.4 Å². The Bertz CT molecular complexity index is 842. The fraction of sp³-hybridized carbons (Fsp3) is 0.263. The maximum Gasteiger partial charge on any atom is 0.343 e. The van der Waals surface area contributed by atoms with Crippen molar-refractivity contribution >= 4 is 23.7 Å². The van der Waals surface area contributed by atoms with E-state index in [4.69, 9.17) is 9.47 Å². The number of carbonyl (C=O) groups excluding carboxylic acids is 2. The normalized spacial score (nSPS) is 18.9. The van der Waals surface area contributed by atoms with E-state index in [1.807, 2.05) is 0 Å². The Labute approximate surface area is 159 Å². The summed E-state index contributed by atoms with van der Waals surface area (Å²) in [6.45, 7) is 2.18. The molecule has 2 N–H and O–H groups in total. The molecule has 2 aromatic carbocycles. The Balaban J connectivity index is 1.78. The van der Waals surface area contributed by atoms with Crippen LogP contribution < -0.4 is 19.9 Å². The van der Waals surface area contributed by atoms with Gasteiger partial charge >= 0.3 is 5.97 Å². The lowest BCUT2D eigenvalue weighted by molar-refractivity contribution is -0.690. The highest BCUT2D eigenvalue weighted by molar-refractivity contribution is 7.99. The summed E-state index contributed by atoms with van der Waals surface area (Å²) in [5, 5.41) is 12.6. The van der Waals surface area contributed by atoms with Crippen LogP contribution in [0.25, 0.3) is 0 Å². The maximum absolute atomic E-state index is 13.0. The van der Waals surface area contributed by atoms with Gasteiger partial charge in [0.2, 0.25) is 0 Å². The fourth-order valence-corrected chi connectivity index (χ4v) is 3.98. The molecule has 0 amide bonds. The number of quaternary nitrogens is 1. The molecule has 1 heterocycles. The molecule has 0 spiro atoms. The van der Waals surface area contributed by atoms with E-state index in [0.29, 0.717) is 18.1 Å². The minimum absolute atomic E-state index is 0.103. The van der Waals surface area contributed by atoms with Crippen LogP contribution >= 0.6 is 11.8 Å². The summed E-state index contributed by atoms with van der Waals surface area (Å²) in [4.78, 5) is 23.3. The predicted molar refractivity (Wildman–Crippen MR) is 94.9 cm³/mol. The largest absolute Gasteiger partial charge is 0.544 e. The summed E-state index contributed by atoms with van der Waals surface area (Å²) in [6.07, 6.45) is 0. The molecule has 0 aliphatic carbocycles. The van der Waals surface area contributed by atoms with Gasteiger partial charge in [0.05, 0.1) is 17.9 Å². The number of hydrogen-bond donors (Lipinski definition) is 1. The number of esters is 1. The van der Waals surface area contributed by atoms with Gasteiger partial charge < -0.3 is 24.7 Å². The van der Waals surface area contributed by atoms with Crippen LogP contribution in [0, 0.1) is 5.82 Å². The van der Waals surface area contributed by atoms with E-state index in [-0.39, 0.29) is 16.7 Å². The van der Waals surface area contributed by atoms with Gasteiger partial charge in [0.25, 0.3) is 0 Å². The topological polar surface area (TPSA) is 92.3 Å². The van der Waals surface area contributed by atoms with Crippen molar-refractivity contribution in [2.24, 2.45) is 0 Å². The van der Waals surface area contributed by atoms with Gasteiger partial charge in [-0.2, -0.15) is 0 Å². The van der Waals surface area contributed by atoms with Crippen molar-refractivity contribution in [2.75, 3.05) is 12.4 Å². The van der Waals surface area contributed by atoms with Crippen LogP contribution in [0.15, 0.2) is 42.5 Å². The molecule has 142 valence electrons. The summed E-state index contributed by atoms with van der Waals surface area (Å²) in [5.41, 5.74) is 1.08. The number of nitrogens with two attached hydrogens (primary N) is 1. The minimum Gasteiger partial charge on any atom is -0.544 e. The van der Waals surface area contributed by atoms with E-state index in [0.717, 1.165) is 5.56 Å². The first-order valence-electron chi connectivity index (χ1n) is 8.40. The highest BCUT2D eigenvalue weighted by atomic mass is 32.2. The van der Waals surface area contributed by atoms with Gasteiger partial charge in [-0.25, -0.2) is 9.18 Å². The van der Waals surface area contributed by atoms with Gasteiger partial charge in [-0.3, -0.25) is 0 Å². The van der Waals surface area contributed by atoms with Crippen molar-refractivity contribution in [3.8, 4) is 11.5 Å². The molecule has 8 heteroatoms. The van der Waals surface area contributed by atoms with E-state index >= 15 is 0 Å². The number of rotatable bonds is 6. The van der Waals surface area contributed by atoms with Crippen molar-refractivity contribution in [1.29, 1.82) is 0 Å². The molecule has 0 unspecified atom stereocenters. The van der Waals surface area contributed by atoms with E-state index < -0.39 is 23.8 Å². The first-order chi connectivity index (χ1) is 13.0. The molecule has 1 saturated heterocycles. The smallest absolute Gasteiger partial charge is 0.343 e. The van der Waals surface area contributed by atoms with Crippen molar-refractivity contribution < 1.29 is 33.9 Å². The molecule has 27 heavy (non-hydrogen) atoms. The molecule has 0 bridgehead atoms. The molecule has 6 nitrogen and oxygen atoms in total. The van der Waals surface area contributed by atoms with E-state index in [9.17, 15) is 19.1 Å². The Morgan fingerprint density at radius 1 is 1.22 bits per heavy atom. The summed E-state index contributed by atoms with van der Waals surface area (Å²) >= 11 is 1.50.